The van der Waals surface area contributed by atoms with Gasteiger partial charge >= 0.3 is 0 Å². The Bertz CT molecular complexity index is 809. The second-order valence-electron chi connectivity index (χ2n) is 6.54. The second kappa shape index (κ2) is 9.70. The molecule has 0 saturated carbocycles. The second-order valence-corrected chi connectivity index (χ2v) is 6.54. The smallest absolute Gasteiger partial charge is 0.250 e. The van der Waals surface area contributed by atoms with Crippen molar-refractivity contribution >= 4 is 12.0 Å². The van der Waals surface area contributed by atoms with Crippen LogP contribution in [0.15, 0.2) is 91.0 Å². The summed E-state index contributed by atoms with van der Waals surface area (Å²) in [6.45, 7) is 6.01. The minimum absolute atomic E-state index is 0.0637. The van der Waals surface area contributed by atoms with E-state index in [0.29, 0.717) is 26.3 Å². The number of likely N-dealkylation sites (tertiary alicyclic amines) is 1. The Balaban J connectivity index is 1.78. The summed E-state index contributed by atoms with van der Waals surface area (Å²) < 4.78 is 5.42. The third-order valence-corrected chi connectivity index (χ3v) is 4.51. The average Bonchev–Trinajstić information content (AvgIpc) is 2.98. The minimum atomic E-state index is 0.0637. The van der Waals surface area contributed by atoms with Gasteiger partial charge < -0.3 is 9.64 Å². The van der Waals surface area contributed by atoms with Crippen molar-refractivity contribution in [1.82, 2.24) is 4.90 Å². The molecule has 1 fully saturated rings. The number of ether oxygens (including phenoxy) is 1. The zero-order valence-corrected chi connectivity index (χ0v) is 15.5. The van der Waals surface area contributed by atoms with Crippen LogP contribution < -0.4 is 0 Å². The summed E-state index contributed by atoms with van der Waals surface area (Å²) in [5, 5.41) is 0. The number of rotatable bonds is 8. The van der Waals surface area contributed by atoms with Crippen LogP contribution in [0, 0.1) is 5.92 Å². The van der Waals surface area contributed by atoms with Crippen LogP contribution in [0.4, 0.5) is 0 Å². The van der Waals surface area contributed by atoms with E-state index in [1.807, 2.05) is 65.6 Å². The third kappa shape index (κ3) is 5.28. The Hall–Kier alpha value is -2.91. The fourth-order valence-electron chi connectivity index (χ4n) is 3.20. The molecule has 0 aromatic heterocycles. The molecule has 1 aliphatic heterocycles. The molecule has 3 nitrogen and oxygen atoms in total. The van der Waals surface area contributed by atoms with Crippen LogP contribution in [-0.4, -0.2) is 30.6 Å². The predicted molar refractivity (Wildman–Crippen MR) is 110 cm³/mol. The molecule has 1 heterocycles. The van der Waals surface area contributed by atoms with Crippen LogP contribution in [0.2, 0.25) is 0 Å². The normalized spacial score (nSPS) is 18.5. The van der Waals surface area contributed by atoms with E-state index in [2.05, 4.69) is 24.8 Å². The fraction of sp³-hybridized carbons (Fsp3) is 0.208. The van der Waals surface area contributed by atoms with Crippen LogP contribution >= 0.6 is 0 Å². The van der Waals surface area contributed by atoms with E-state index >= 15 is 0 Å². The Morgan fingerprint density at radius 3 is 2.44 bits per heavy atom. The molecule has 0 aliphatic carbocycles. The Labute approximate surface area is 161 Å². The first-order valence-electron chi connectivity index (χ1n) is 9.23. The molecule has 0 N–H and O–H groups in total. The molecule has 1 saturated heterocycles. The van der Waals surface area contributed by atoms with Gasteiger partial charge in [-0.3, -0.25) is 4.79 Å². The van der Waals surface area contributed by atoms with Gasteiger partial charge in [-0.1, -0.05) is 78.9 Å². The molecule has 0 spiro atoms. The van der Waals surface area contributed by atoms with Crippen molar-refractivity contribution in [1.29, 1.82) is 0 Å². The molecule has 2 aromatic carbocycles. The van der Waals surface area contributed by atoms with E-state index in [-0.39, 0.29) is 11.8 Å². The zero-order valence-electron chi connectivity index (χ0n) is 15.5. The van der Waals surface area contributed by atoms with Crippen molar-refractivity contribution in [3.63, 3.8) is 0 Å². The summed E-state index contributed by atoms with van der Waals surface area (Å²) in [7, 11) is 0. The number of benzene rings is 2. The van der Waals surface area contributed by atoms with E-state index in [9.17, 15) is 4.79 Å². The van der Waals surface area contributed by atoms with Gasteiger partial charge in [-0.25, -0.2) is 0 Å². The molecule has 1 amide bonds. The highest BCUT2D eigenvalue weighted by molar-refractivity contribution is 6.01. The molecule has 2 aromatic rings. The average molecular weight is 359 g/mol. The van der Waals surface area contributed by atoms with Crippen LogP contribution in [0.5, 0.6) is 0 Å². The molecule has 138 valence electrons. The maximum atomic E-state index is 13.0. The maximum absolute atomic E-state index is 13.0. The van der Waals surface area contributed by atoms with Gasteiger partial charge in [-0.2, -0.15) is 0 Å². The van der Waals surface area contributed by atoms with Gasteiger partial charge in [-0.05, 0) is 17.2 Å². The van der Waals surface area contributed by atoms with Crippen LogP contribution in [0.1, 0.15) is 11.1 Å². The Kier molecular flexibility index (Phi) is 6.78. The number of hydrogen-bond donors (Lipinski definition) is 0. The lowest BCUT2D eigenvalue weighted by molar-refractivity contribution is -0.125. The lowest BCUT2D eigenvalue weighted by atomic mass is 9.99. The first-order chi connectivity index (χ1) is 13.3. The molecule has 3 heteroatoms. The monoisotopic (exact) mass is 359 g/mol. The highest BCUT2D eigenvalue weighted by Gasteiger charge is 2.33. The summed E-state index contributed by atoms with van der Waals surface area (Å²) in [4.78, 5) is 15.0. The van der Waals surface area contributed by atoms with Gasteiger partial charge in [0, 0.05) is 24.6 Å². The zero-order chi connectivity index (χ0) is 18.9. The summed E-state index contributed by atoms with van der Waals surface area (Å²) in [6.07, 6.45) is 7.81. The van der Waals surface area contributed by atoms with E-state index in [1.54, 1.807) is 6.08 Å². The van der Waals surface area contributed by atoms with Crippen LogP contribution in [0.25, 0.3) is 6.08 Å². The topological polar surface area (TPSA) is 29.5 Å². The molecular formula is C24H25NO2. The fourth-order valence-corrected chi connectivity index (χ4v) is 3.20. The molecule has 27 heavy (non-hydrogen) atoms. The van der Waals surface area contributed by atoms with Crippen LogP contribution in [-0.2, 0) is 16.1 Å². The Morgan fingerprint density at radius 2 is 1.74 bits per heavy atom. The Morgan fingerprint density at radius 1 is 1.04 bits per heavy atom. The summed E-state index contributed by atoms with van der Waals surface area (Å²) in [5.41, 5.74) is 3.02. The highest BCUT2D eigenvalue weighted by Crippen LogP contribution is 2.28. The molecular weight excluding hydrogens is 334 g/mol. The van der Waals surface area contributed by atoms with Gasteiger partial charge in [0.2, 0.25) is 0 Å². The van der Waals surface area contributed by atoms with Crippen molar-refractivity contribution < 1.29 is 9.53 Å². The quantitative estimate of drug-likeness (QED) is 0.395. The van der Waals surface area contributed by atoms with E-state index in [4.69, 9.17) is 4.74 Å². The first-order valence-corrected chi connectivity index (χ1v) is 9.23. The van der Waals surface area contributed by atoms with Gasteiger partial charge in [0.05, 0.1) is 13.2 Å². The maximum Gasteiger partial charge on any atom is 0.250 e. The van der Waals surface area contributed by atoms with Crippen molar-refractivity contribution in [3.05, 3.63) is 102 Å². The van der Waals surface area contributed by atoms with Gasteiger partial charge in [0.1, 0.15) is 0 Å². The molecule has 1 aliphatic rings. The molecule has 1 atom stereocenters. The van der Waals surface area contributed by atoms with Crippen molar-refractivity contribution in [2.24, 2.45) is 5.92 Å². The summed E-state index contributed by atoms with van der Waals surface area (Å²) >= 11 is 0. The third-order valence-electron chi connectivity index (χ3n) is 4.51. The van der Waals surface area contributed by atoms with Crippen molar-refractivity contribution in [3.8, 4) is 0 Å². The molecule has 1 unspecified atom stereocenters. The minimum Gasteiger partial charge on any atom is -0.373 e. The number of carbonyl (C=O) groups is 1. The summed E-state index contributed by atoms with van der Waals surface area (Å²) in [6, 6.07) is 20.1. The molecule has 0 bridgehead atoms. The summed E-state index contributed by atoms with van der Waals surface area (Å²) in [5.74, 6) is 0.165. The SMILES string of the molecule is C=CCOC/C=C/C1CN(Cc2ccccc2)C(=O)/C1=C\c1ccccc1. The lowest BCUT2D eigenvalue weighted by Crippen LogP contribution is -2.24. The standard InChI is InChI=1S/C24H25NO2/c1-2-15-27-16-9-14-22-19-25(18-21-12-7-4-8-13-21)24(26)23(22)17-20-10-5-3-6-11-20/h2-14,17,22H,1,15-16,18-19H2/b14-9+,23-17-. The number of carbonyl (C=O) groups excluding carboxylic acids is 1. The van der Waals surface area contributed by atoms with Crippen molar-refractivity contribution in [2.45, 2.75) is 6.54 Å². The first kappa shape index (κ1) is 18.9. The molecule has 0 radical (unpaired) electrons. The van der Waals surface area contributed by atoms with E-state index in [1.165, 1.54) is 0 Å². The van der Waals surface area contributed by atoms with Crippen molar-refractivity contribution in [2.75, 3.05) is 19.8 Å². The van der Waals surface area contributed by atoms with E-state index in [0.717, 1.165) is 16.7 Å². The van der Waals surface area contributed by atoms with Gasteiger partial charge in [-0.15, -0.1) is 6.58 Å². The van der Waals surface area contributed by atoms with Crippen LogP contribution in [0.3, 0.4) is 0 Å². The molecule has 3 rings (SSSR count). The largest absolute Gasteiger partial charge is 0.373 e. The predicted octanol–water partition coefficient (Wildman–Crippen LogP) is 4.49. The number of nitrogens with zero attached hydrogens (tertiary/aromatic N) is 1. The van der Waals surface area contributed by atoms with Gasteiger partial charge in [0.25, 0.3) is 5.91 Å². The van der Waals surface area contributed by atoms with Gasteiger partial charge in [0.15, 0.2) is 0 Å². The van der Waals surface area contributed by atoms with E-state index < -0.39 is 0 Å². The highest BCUT2D eigenvalue weighted by atomic mass is 16.5. The number of amides is 1. The number of hydrogen-bond acceptors (Lipinski definition) is 2. The lowest BCUT2D eigenvalue weighted by Gasteiger charge is -2.15.